The fraction of sp³-hybridized carbons (Fsp3) is 0.500. The lowest BCUT2D eigenvalue weighted by Gasteiger charge is -2.30. The van der Waals surface area contributed by atoms with Gasteiger partial charge in [-0.3, -0.25) is 4.79 Å². The molecule has 1 amide bonds. The van der Waals surface area contributed by atoms with Gasteiger partial charge in [-0.15, -0.1) is 0 Å². The van der Waals surface area contributed by atoms with Crippen molar-refractivity contribution in [2.75, 3.05) is 50.8 Å². The highest BCUT2D eigenvalue weighted by molar-refractivity contribution is 6.30. The summed E-state index contributed by atoms with van der Waals surface area (Å²) in [6.07, 6.45) is 2.25. The summed E-state index contributed by atoms with van der Waals surface area (Å²) in [5, 5.41) is 15.2. The number of fused-ring (bicyclic) bond motifs is 1. The van der Waals surface area contributed by atoms with Gasteiger partial charge in [0, 0.05) is 30.3 Å². The largest absolute Gasteiger partial charge is 0.486 e. The number of benzene rings is 2. The van der Waals surface area contributed by atoms with Gasteiger partial charge in [0.25, 0.3) is 0 Å². The third-order valence-electron chi connectivity index (χ3n) is 7.02. The smallest absolute Gasteiger partial charge is 0.225 e. The number of nitrogens with one attached hydrogen (secondary N) is 1. The van der Waals surface area contributed by atoms with Crippen LogP contribution in [0, 0.1) is 5.92 Å². The first kappa shape index (κ1) is 23.3. The molecule has 3 unspecified atom stereocenters. The first-order valence-corrected chi connectivity index (χ1v) is 12.6. The van der Waals surface area contributed by atoms with E-state index in [2.05, 4.69) is 15.1 Å². The summed E-state index contributed by atoms with van der Waals surface area (Å²) in [5.41, 5.74) is 1.80. The highest BCUT2D eigenvalue weighted by Crippen LogP contribution is 2.34. The second kappa shape index (κ2) is 10.4. The van der Waals surface area contributed by atoms with Crippen molar-refractivity contribution in [3.05, 3.63) is 53.1 Å². The van der Waals surface area contributed by atoms with E-state index in [0.29, 0.717) is 42.8 Å². The number of halogens is 1. The summed E-state index contributed by atoms with van der Waals surface area (Å²) >= 11 is 6.02. The number of rotatable bonds is 7. The number of nitrogens with zero attached hydrogens (tertiary/aromatic N) is 2. The molecule has 2 aromatic carbocycles. The third-order valence-corrected chi connectivity index (χ3v) is 7.27. The highest BCUT2D eigenvalue weighted by atomic mass is 35.5. The topological polar surface area (TPSA) is 74.3 Å². The van der Waals surface area contributed by atoms with Gasteiger partial charge in [-0.1, -0.05) is 17.7 Å². The molecule has 2 saturated heterocycles. The third kappa shape index (κ3) is 5.27. The molecule has 2 N–H and O–H groups in total. The van der Waals surface area contributed by atoms with E-state index in [-0.39, 0.29) is 11.8 Å². The van der Waals surface area contributed by atoms with Crippen LogP contribution in [-0.2, 0) is 4.79 Å². The molecule has 182 valence electrons. The van der Waals surface area contributed by atoms with Crippen LogP contribution in [0.5, 0.6) is 11.5 Å². The summed E-state index contributed by atoms with van der Waals surface area (Å²) in [4.78, 5) is 17.8. The second-order valence-corrected chi connectivity index (χ2v) is 9.82. The summed E-state index contributed by atoms with van der Waals surface area (Å²) in [5.74, 6) is 1.21. The Labute approximate surface area is 205 Å². The SMILES string of the molecule is O=C(NC(CN1CCCC1)C(O)c1ccc2c(c1)OCCO2)C1CCN(c2ccc(Cl)cc2)C1. The molecule has 3 atom stereocenters. The van der Waals surface area contributed by atoms with Crippen molar-refractivity contribution in [1.82, 2.24) is 10.2 Å². The quantitative estimate of drug-likeness (QED) is 0.627. The van der Waals surface area contributed by atoms with E-state index < -0.39 is 12.1 Å². The van der Waals surface area contributed by atoms with Gasteiger partial charge in [-0.25, -0.2) is 0 Å². The number of anilines is 1. The molecule has 2 aromatic rings. The molecule has 3 heterocycles. The van der Waals surface area contributed by atoms with E-state index in [0.717, 1.165) is 50.1 Å². The molecule has 0 bridgehead atoms. The molecule has 3 aliphatic heterocycles. The van der Waals surface area contributed by atoms with E-state index in [1.165, 1.54) is 0 Å². The predicted molar refractivity (Wildman–Crippen MR) is 132 cm³/mol. The van der Waals surface area contributed by atoms with E-state index >= 15 is 0 Å². The molecular weight excluding hydrogens is 454 g/mol. The second-order valence-electron chi connectivity index (χ2n) is 9.38. The summed E-state index contributed by atoms with van der Waals surface area (Å²) in [6.45, 7) is 5.10. The number of aliphatic hydroxyl groups is 1. The van der Waals surface area contributed by atoms with Crippen LogP contribution < -0.4 is 19.7 Å². The molecule has 8 heteroatoms. The van der Waals surface area contributed by atoms with Crippen LogP contribution in [0.2, 0.25) is 5.02 Å². The Balaban J connectivity index is 1.28. The van der Waals surface area contributed by atoms with Crippen molar-refractivity contribution < 1.29 is 19.4 Å². The number of hydrogen-bond acceptors (Lipinski definition) is 6. The first-order valence-electron chi connectivity index (χ1n) is 12.2. The van der Waals surface area contributed by atoms with Crippen LogP contribution in [0.25, 0.3) is 0 Å². The highest BCUT2D eigenvalue weighted by Gasteiger charge is 2.33. The number of hydrogen-bond donors (Lipinski definition) is 2. The van der Waals surface area contributed by atoms with E-state index in [9.17, 15) is 9.90 Å². The number of aliphatic hydroxyl groups excluding tert-OH is 1. The summed E-state index contributed by atoms with van der Waals surface area (Å²) < 4.78 is 11.3. The van der Waals surface area contributed by atoms with Crippen molar-refractivity contribution in [1.29, 1.82) is 0 Å². The maximum absolute atomic E-state index is 13.3. The molecule has 5 rings (SSSR count). The lowest BCUT2D eigenvalue weighted by atomic mass is 9.99. The number of likely N-dealkylation sites (tertiary alicyclic amines) is 1. The number of carbonyl (C=O) groups is 1. The average Bonchev–Trinajstić information content (AvgIpc) is 3.56. The Morgan fingerprint density at radius 2 is 1.79 bits per heavy atom. The van der Waals surface area contributed by atoms with E-state index in [1.807, 2.05) is 42.5 Å². The minimum Gasteiger partial charge on any atom is -0.486 e. The normalized spacial score (nSPS) is 21.9. The van der Waals surface area contributed by atoms with Crippen LogP contribution in [0.4, 0.5) is 5.69 Å². The van der Waals surface area contributed by atoms with Crippen molar-refractivity contribution in [3.63, 3.8) is 0 Å². The van der Waals surface area contributed by atoms with Crippen LogP contribution in [0.1, 0.15) is 30.9 Å². The van der Waals surface area contributed by atoms with Crippen LogP contribution in [0.3, 0.4) is 0 Å². The number of amides is 1. The van der Waals surface area contributed by atoms with Crippen molar-refractivity contribution >= 4 is 23.2 Å². The molecule has 3 aliphatic rings. The van der Waals surface area contributed by atoms with Crippen molar-refractivity contribution in [2.45, 2.75) is 31.4 Å². The fourth-order valence-corrected chi connectivity index (χ4v) is 5.23. The van der Waals surface area contributed by atoms with Gasteiger partial charge in [0.15, 0.2) is 11.5 Å². The Bertz CT molecular complexity index is 996. The molecule has 0 aliphatic carbocycles. The number of ether oxygens (including phenoxy) is 2. The monoisotopic (exact) mass is 485 g/mol. The van der Waals surface area contributed by atoms with Crippen molar-refractivity contribution in [3.8, 4) is 11.5 Å². The van der Waals surface area contributed by atoms with Gasteiger partial charge < -0.3 is 29.7 Å². The standard InChI is InChI=1S/C26H32ClN3O4/c27-20-4-6-21(7-5-20)30-12-9-19(16-30)26(32)28-22(17-29-10-1-2-11-29)25(31)18-3-8-23-24(15-18)34-14-13-33-23/h3-8,15,19,22,25,31H,1-2,9-14,16-17H2,(H,28,32). The fourth-order valence-electron chi connectivity index (χ4n) is 5.11. The van der Waals surface area contributed by atoms with E-state index in [4.69, 9.17) is 21.1 Å². The van der Waals surface area contributed by atoms with Gasteiger partial charge in [0.2, 0.25) is 5.91 Å². The van der Waals surface area contributed by atoms with E-state index in [1.54, 1.807) is 0 Å². The van der Waals surface area contributed by atoms with Gasteiger partial charge in [-0.2, -0.15) is 0 Å². The van der Waals surface area contributed by atoms with Crippen LogP contribution >= 0.6 is 11.6 Å². The molecule has 0 radical (unpaired) electrons. The molecule has 34 heavy (non-hydrogen) atoms. The lowest BCUT2D eigenvalue weighted by Crippen LogP contribution is -2.48. The Morgan fingerprint density at radius 3 is 2.56 bits per heavy atom. The average molecular weight is 486 g/mol. The zero-order chi connectivity index (χ0) is 23.5. The maximum atomic E-state index is 13.3. The molecule has 7 nitrogen and oxygen atoms in total. The first-order chi connectivity index (χ1) is 16.6. The molecule has 0 aromatic heterocycles. The van der Waals surface area contributed by atoms with Gasteiger partial charge >= 0.3 is 0 Å². The lowest BCUT2D eigenvalue weighted by molar-refractivity contribution is -0.126. The zero-order valence-electron chi connectivity index (χ0n) is 19.3. The minimum atomic E-state index is -0.839. The maximum Gasteiger partial charge on any atom is 0.225 e. The summed E-state index contributed by atoms with van der Waals surface area (Å²) in [7, 11) is 0. The molecule has 0 saturated carbocycles. The van der Waals surface area contributed by atoms with Gasteiger partial charge in [-0.05, 0) is 74.3 Å². The van der Waals surface area contributed by atoms with Gasteiger partial charge in [0.05, 0.1) is 12.0 Å². The van der Waals surface area contributed by atoms with Crippen molar-refractivity contribution in [2.24, 2.45) is 5.92 Å². The van der Waals surface area contributed by atoms with Crippen LogP contribution in [-0.4, -0.2) is 67.9 Å². The minimum absolute atomic E-state index is 0.00254. The molecular formula is C26H32ClN3O4. The van der Waals surface area contributed by atoms with Crippen LogP contribution in [0.15, 0.2) is 42.5 Å². The number of carbonyl (C=O) groups excluding carboxylic acids is 1. The Hall–Kier alpha value is -2.48. The molecule has 0 spiro atoms. The Kier molecular flexibility index (Phi) is 7.13. The summed E-state index contributed by atoms with van der Waals surface area (Å²) in [6, 6.07) is 12.9. The predicted octanol–water partition coefficient (Wildman–Crippen LogP) is 3.25. The molecule has 2 fully saturated rings. The van der Waals surface area contributed by atoms with Gasteiger partial charge in [0.1, 0.15) is 19.3 Å². The zero-order valence-corrected chi connectivity index (χ0v) is 20.0. The Morgan fingerprint density at radius 1 is 1.06 bits per heavy atom.